The van der Waals surface area contributed by atoms with E-state index in [9.17, 15) is 14.4 Å². The van der Waals surface area contributed by atoms with E-state index in [1.807, 2.05) is 0 Å². The van der Waals surface area contributed by atoms with Gasteiger partial charge in [0, 0.05) is 0 Å². The van der Waals surface area contributed by atoms with Crippen LogP contribution >= 0.6 is 0 Å². The number of fused-ring (bicyclic) bond motifs is 1. The van der Waals surface area contributed by atoms with Crippen molar-refractivity contribution in [2.45, 2.75) is 31.0 Å². The van der Waals surface area contributed by atoms with E-state index in [4.69, 9.17) is 26.9 Å². The van der Waals surface area contributed by atoms with E-state index in [-0.39, 0.29) is 34.7 Å². The molecule has 2 aromatic heterocycles. The van der Waals surface area contributed by atoms with E-state index in [1.165, 1.54) is 17.2 Å². The van der Waals surface area contributed by atoms with Crippen LogP contribution in [0.15, 0.2) is 114 Å². The summed E-state index contributed by atoms with van der Waals surface area (Å²) >= 11 is 0. The maximum absolute atomic E-state index is 13.5. The van der Waals surface area contributed by atoms with Gasteiger partial charge in [-0.1, -0.05) is 54.6 Å². The maximum Gasteiger partial charge on any atom is 0.338 e. The highest BCUT2D eigenvalue weighted by atomic mass is 16.7. The molecule has 1 unspecified atom stereocenters. The third kappa shape index (κ3) is 6.10. The maximum atomic E-state index is 13.5. The number of imidazole rings is 1. The van der Waals surface area contributed by atoms with Crippen molar-refractivity contribution < 1.29 is 33.3 Å². The number of carbonyl (C=O) groups is 3. The summed E-state index contributed by atoms with van der Waals surface area (Å²) in [6.45, 7) is 1.22. The Morgan fingerprint density at radius 3 is 1.98 bits per heavy atom. The van der Waals surface area contributed by atoms with E-state index in [2.05, 4.69) is 25.1 Å². The number of aromatic nitrogens is 4. The molecule has 1 saturated heterocycles. The van der Waals surface area contributed by atoms with Gasteiger partial charge in [-0.05, 0) is 43.3 Å². The average molecular weight is 616 g/mol. The minimum Gasteiger partial charge on any atom is -0.459 e. The Labute approximate surface area is 263 Å². The topological polar surface area (TPSA) is 156 Å². The summed E-state index contributed by atoms with van der Waals surface area (Å²) in [5.41, 5.74) is -0.256. The lowest BCUT2D eigenvalue weighted by Gasteiger charge is -2.30. The Morgan fingerprint density at radius 1 is 0.826 bits per heavy atom. The zero-order valence-corrected chi connectivity index (χ0v) is 24.4. The van der Waals surface area contributed by atoms with Crippen LogP contribution in [0.25, 0.3) is 11.2 Å². The van der Waals surface area contributed by atoms with Crippen molar-refractivity contribution in [1.82, 2.24) is 19.5 Å². The number of hydrogen-bond donors (Lipinski definition) is 0. The monoisotopic (exact) mass is 616 g/mol. The van der Waals surface area contributed by atoms with Crippen LogP contribution in [-0.4, -0.2) is 69.8 Å². The quantitative estimate of drug-likeness (QED) is 0.0993. The highest BCUT2D eigenvalue weighted by molar-refractivity contribution is 6.05. The molecule has 2 radical (unpaired) electrons. The third-order valence-electron chi connectivity index (χ3n) is 7.33. The lowest BCUT2D eigenvalue weighted by molar-refractivity contribution is -0.120. The van der Waals surface area contributed by atoms with Crippen molar-refractivity contribution in [2.24, 2.45) is 10.1 Å². The number of benzene rings is 3. The molecule has 0 saturated carbocycles. The summed E-state index contributed by atoms with van der Waals surface area (Å²) in [5, 5.41) is 7.09. The lowest BCUT2D eigenvalue weighted by atomic mass is 9.97. The third-order valence-corrected chi connectivity index (χ3v) is 7.33. The lowest BCUT2D eigenvalue weighted by Crippen LogP contribution is -2.48. The molecule has 14 heteroatoms. The first kappa shape index (κ1) is 30.3. The minimum absolute atomic E-state index is 0.0914. The summed E-state index contributed by atoms with van der Waals surface area (Å²) in [7, 11) is 5.25. The van der Waals surface area contributed by atoms with Crippen molar-refractivity contribution in [2.75, 3.05) is 6.61 Å². The largest absolute Gasteiger partial charge is 0.459 e. The molecule has 3 aromatic carbocycles. The molecule has 3 heterocycles. The number of ether oxygens (including phenoxy) is 4. The van der Waals surface area contributed by atoms with Gasteiger partial charge in [0.25, 0.3) is 7.98 Å². The van der Waals surface area contributed by atoms with Crippen LogP contribution in [0.3, 0.4) is 0 Å². The van der Waals surface area contributed by atoms with Crippen molar-refractivity contribution in [1.29, 1.82) is 0 Å². The molecule has 5 aromatic rings. The molecule has 1 fully saturated rings. The van der Waals surface area contributed by atoms with Crippen molar-refractivity contribution in [3.63, 3.8) is 0 Å². The Morgan fingerprint density at radius 2 is 1.39 bits per heavy atom. The molecule has 1 aliphatic rings. The smallest absolute Gasteiger partial charge is 0.338 e. The zero-order chi connectivity index (χ0) is 32.1. The second-order valence-electron chi connectivity index (χ2n) is 10.4. The van der Waals surface area contributed by atoms with Gasteiger partial charge in [0.15, 0.2) is 29.6 Å². The molecule has 13 nitrogen and oxygen atoms in total. The van der Waals surface area contributed by atoms with E-state index in [0.29, 0.717) is 5.56 Å². The summed E-state index contributed by atoms with van der Waals surface area (Å²) in [6, 6.07) is 25.0. The van der Waals surface area contributed by atoms with Crippen LogP contribution < -0.4 is 0 Å². The van der Waals surface area contributed by atoms with E-state index in [1.54, 1.807) is 97.9 Å². The molecule has 0 bridgehead atoms. The van der Waals surface area contributed by atoms with Crippen LogP contribution in [0.4, 0.5) is 5.82 Å². The Kier molecular flexibility index (Phi) is 8.61. The van der Waals surface area contributed by atoms with Gasteiger partial charge in [0.2, 0.25) is 5.82 Å². The second-order valence-corrected chi connectivity index (χ2v) is 10.4. The zero-order valence-electron chi connectivity index (χ0n) is 24.4. The summed E-state index contributed by atoms with van der Waals surface area (Å²) < 4.78 is 25.8. The number of nitrogens with zero attached hydrogens (tertiary/aromatic N) is 6. The molecule has 0 aliphatic carbocycles. The second kappa shape index (κ2) is 13.1. The van der Waals surface area contributed by atoms with Gasteiger partial charge in [0.1, 0.15) is 18.5 Å². The summed E-state index contributed by atoms with van der Waals surface area (Å²) in [6.07, 6.45) is -1.13. The van der Waals surface area contributed by atoms with Gasteiger partial charge >= 0.3 is 17.9 Å². The molecular formula is C32H25BN6O7. The van der Waals surface area contributed by atoms with E-state index >= 15 is 0 Å². The van der Waals surface area contributed by atoms with Gasteiger partial charge < -0.3 is 18.9 Å². The van der Waals surface area contributed by atoms with Gasteiger partial charge in [0.05, 0.1) is 23.0 Å². The normalized spacial score (nSPS) is 20.8. The van der Waals surface area contributed by atoms with Crippen molar-refractivity contribution in [3.8, 4) is 0 Å². The fourth-order valence-corrected chi connectivity index (χ4v) is 5.09. The van der Waals surface area contributed by atoms with Crippen LogP contribution in [0, 0.1) is 0 Å². The molecule has 0 amide bonds. The van der Waals surface area contributed by atoms with Gasteiger partial charge in [-0.3, -0.25) is 9.59 Å². The SMILES string of the molecule is [B]N=Nc1ncnc2c1ncn2[C@@H]1O[C@](C)(COC(=O)c2ccccc2)C(OC(=O)c2ccccc2)[C@@H]1OC(=O)c1ccccc1. The summed E-state index contributed by atoms with van der Waals surface area (Å²) in [4.78, 5) is 52.7. The Balaban J connectivity index is 1.42. The van der Waals surface area contributed by atoms with E-state index < -0.39 is 41.9 Å². The predicted octanol–water partition coefficient (Wildman–Crippen LogP) is 4.59. The highest BCUT2D eigenvalue weighted by Crippen LogP contribution is 2.43. The number of hydrogen-bond acceptors (Lipinski definition) is 12. The van der Waals surface area contributed by atoms with Gasteiger partial charge in [-0.25, -0.2) is 29.3 Å². The minimum atomic E-state index is -1.54. The Hall–Kier alpha value is -5.76. The fraction of sp³-hybridized carbons (Fsp3) is 0.188. The molecule has 0 spiro atoms. The molecule has 1 aliphatic heterocycles. The molecule has 4 atom stereocenters. The van der Waals surface area contributed by atoms with Gasteiger partial charge in [-0.15, -0.1) is 5.11 Å². The molecule has 6 rings (SSSR count). The van der Waals surface area contributed by atoms with Crippen molar-refractivity contribution >= 4 is 42.9 Å². The average Bonchev–Trinajstić information content (AvgIpc) is 3.64. The Bertz CT molecular complexity index is 1890. The number of esters is 3. The standard InChI is InChI=1S/C32H25BN6O7/c1-32(17-43-29(40)20-11-5-2-6-12-20)25(45-31(42)22-15-9-4-10-16-22)24(44-30(41)21-13-7-3-8-14-21)28(46-32)39-19-36-23-26(37-38-33)34-18-35-27(23)39/h2-16,18-19,24-25,28H,17H2,1H3/t24-,25?,28+,32+/m0/s1. The molecule has 0 N–H and O–H groups in total. The summed E-state index contributed by atoms with van der Waals surface area (Å²) in [5.74, 6) is -1.95. The van der Waals surface area contributed by atoms with Crippen molar-refractivity contribution in [3.05, 3.63) is 120 Å². The fourth-order valence-electron chi connectivity index (χ4n) is 5.09. The van der Waals surface area contributed by atoms with Crippen LogP contribution in [0.5, 0.6) is 0 Å². The number of carbonyl (C=O) groups excluding carboxylic acids is 3. The van der Waals surface area contributed by atoms with Crippen LogP contribution in [-0.2, 0) is 18.9 Å². The molecule has 228 valence electrons. The highest BCUT2D eigenvalue weighted by Gasteiger charge is 2.59. The first-order valence-electron chi connectivity index (χ1n) is 14.1. The van der Waals surface area contributed by atoms with Crippen LogP contribution in [0.1, 0.15) is 44.2 Å². The first-order valence-corrected chi connectivity index (χ1v) is 14.1. The van der Waals surface area contributed by atoms with Gasteiger partial charge in [-0.2, -0.15) is 0 Å². The predicted molar refractivity (Wildman–Crippen MR) is 162 cm³/mol. The number of rotatable bonds is 9. The molecule has 46 heavy (non-hydrogen) atoms. The van der Waals surface area contributed by atoms with Crippen LogP contribution in [0.2, 0.25) is 0 Å². The molecular weight excluding hydrogens is 591 g/mol. The first-order chi connectivity index (χ1) is 22.4. The van der Waals surface area contributed by atoms with E-state index in [0.717, 1.165) is 0 Å².